The number of halogens is 1. The van der Waals surface area contributed by atoms with Gasteiger partial charge in [0.05, 0.1) is 11.4 Å². The van der Waals surface area contributed by atoms with Crippen LogP contribution in [0.25, 0.3) is 5.82 Å². The monoisotopic (exact) mass is 192 g/mol. The summed E-state index contributed by atoms with van der Waals surface area (Å²) < 4.78 is 14.3. The average molecular weight is 192 g/mol. The zero-order chi connectivity index (χ0) is 10.1. The fraction of sp³-hybridized carbons (Fsp3) is 0.222. The Morgan fingerprint density at radius 3 is 2.64 bits per heavy atom. The van der Waals surface area contributed by atoms with E-state index in [9.17, 15) is 4.39 Å². The van der Waals surface area contributed by atoms with Gasteiger partial charge in [-0.05, 0) is 26.0 Å². The molecule has 0 aliphatic rings. The molecule has 5 heteroatoms. The van der Waals surface area contributed by atoms with Crippen LogP contribution in [0.5, 0.6) is 0 Å². The van der Waals surface area contributed by atoms with Crippen LogP contribution in [0.1, 0.15) is 11.4 Å². The van der Waals surface area contributed by atoms with Crippen LogP contribution in [0, 0.1) is 19.8 Å². The molecule has 14 heavy (non-hydrogen) atoms. The van der Waals surface area contributed by atoms with Gasteiger partial charge in [0.2, 0.25) is 5.95 Å². The van der Waals surface area contributed by atoms with Crippen molar-refractivity contribution in [3.63, 3.8) is 0 Å². The molecule has 0 N–H and O–H groups in total. The average Bonchev–Trinajstić information content (AvgIpc) is 2.48. The lowest BCUT2D eigenvalue weighted by Gasteiger charge is -2.00. The summed E-state index contributed by atoms with van der Waals surface area (Å²) in [4.78, 5) is 3.71. The van der Waals surface area contributed by atoms with E-state index in [0.717, 1.165) is 11.4 Å². The molecule has 0 aliphatic carbocycles. The molecule has 0 spiro atoms. The van der Waals surface area contributed by atoms with E-state index in [1.165, 1.54) is 10.7 Å². The van der Waals surface area contributed by atoms with Gasteiger partial charge >= 0.3 is 0 Å². The number of hydrogen-bond donors (Lipinski definition) is 0. The number of pyridine rings is 1. The van der Waals surface area contributed by atoms with E-state index in [-0.39, 0.29) is 0 Å². The quantitative estimate of drug-likeness (QED) is 0.642. The van der Waals surface area contributed by atoms with Crippen LogP contribution in [-0.4, -0.2) is 20.0 Å². The number of aryl methyl sites for hydroxylation is 1. The molecule has 0 unspecified atom stereocenters. The van der Waals surface area contributed by atoms with Gasteiger partial charge in [-0.15, -0.1) is 5.10 Å². The lowest BCUT2D eigenvalue weighted by molar-refractivity contribution is 0.575. The Labute approximate surface area is 80.4 Å². The summed E-state index contributed by atoms with van der Waals surface area (Å²) in [6.45, 7) is 3.71. The molecule has 72 valence electrons. The lowest BCUT2D eigenvalue weighted by Crippen LogP contribution is -2.02. The van der Waals surface area contributed by atoms with E-state index in [0.29, 0.717) is 5.82 Å². The van der Waals surface area contributed by atoms with E-state index >= 15 is 0 Å². The lowest BCUT2D eigenvalue weighted by atomic mass is 10.4. The molecular weight excluding hydrogens is 183 g/mol. The van der Waals surface area contributed by atoms with Crippen molar-refractivity contribution in [2.45, 2.75) is 13.8 Å². The minimum Gasteiger partial charge on any atom is -0.200 e. The first kappa shape index (κ1) is 8.80. The predicted octanol–water partition coefficient (Wildman–Crippen LogP) is 1.42. The van der Waals surface area contributed by atoms with Crippen LogP contribution in [0.4, 0.5) is 4.39 Å². The van der Waals surface area contributed by atoms with Crippen LogP contribution in [0.15, 0.2) is 18.2 Å². The van der Waals surface area contributed by atoms with E-state index in [4.69, 9.17) is 0 Å². The van der Waals surface area contributed by atoms with Gasteiger partial charge in [0.15, 0.2) is 5.82 Å². The van der Waals surface area contributed by atoms with Crippen molar-refractivity contribution < 1.29 is 4.39 Å². The number of rotatable bonds is 1. The second kappa shape index (κ2) is 3.17. The molecule has 0 atom stereocenters. The van der Waals surface area contributed by atoms with Gasteiger partial charge in [-0.25, -0.2) is 4.98 Å². The van der Waals surface area contributed by atoms with Crippen molar-refractivity contribution >= 4 is 0 Å². The van der Waals surface area contributed by atoms with Gasteiger partial charge in [0, 0.05) is 0 Å². The van der Waals surface area contributed by atoms with Gasteiger partial charge in [-0.2, -0.15) is 9.07 Å². The van der Waals surface area contributed by atoms with E-state index in [1.54, 1.807) is 12.1 Å². The Kier molecular flexibility index (Phi) is 1.99. The first-order valence-electron chi connectivity index (χ1n) is 4.20. The van der Waals surface area contributed by atoms with Crippen molar-refractivity contribution in [2.75, 3.05) is 0 Å². The van der Waals surface area contributed by atoms with Crippen molar-refractivity contribution in [3.05, 3.63) is 35.5 Å². The Balaban J connectivity index is 2.55. The number of nitrogens with zero attached hydrogens (tertiary/aromatic N) is 4. The number of aromatic nitrogens is 4. The normalized spacial score (nSPS) is 10.5. The molecule has 2 aromatic rings. The van der Waals surface area contributed by atoms with Crippen molar-refractivity contribution in [1.82, 2.24) is 20.0 Å². The maximum atomic E-state index is 12.8. The van der Waals surface area contributed by atoms with Crippen LogP contribution in [-0.2, 0) is 0 Å². The zero-order valence-electron chi connectivity index (χ0n) is 7.90. The molecule has 0 amide bonds. The third-order valence-corrected chi connectivity index (χ3v) is 2.04. The molecule has 0 radical (unpaired) electrons. The molecule has 2 rings (SSSR count). The van der Waals surface area contributed by atoms with Gasteiger partial charge in [-0.3, -0.25) is 0 Å². The summed E-state index contributed by atoms with van der Waals surface area (Å²) in [5.74, 6) is -0.0712. The first-order valence-corrected chi connectivity index (χ1v) is 4.20. The Morgan fingerprint density at radius 1 is 1.29 bits per heavy atom. The van der Waals surface area contributed by atoms with Gasteiger partial charge < -0.3 is 0 Å². The molecule has 0 fully saturated rings. The SMILES string of the molecule is Cc1nnn(-c2cccc(F)n2)c1C. The van der Waals surface area contributed by atoms with Crippen LogP contribution in [0.3, 0.4) is 0 Å². The first-order chi connectivity index (χ1) is 6.68. The highest BCUT2D eigenvalue weighted by atomic mass is 19.1. The summed E-state index contributed by atoms with van der Waals surface area (Å²) >= 11 is 0. The molecule has 0 saturated carbocycles. The summed E-state index contributed by atoms with van der Waals surface area (Å²) in [6.07, 6.45) is 0. The van der Waals surface area contributed by atoms with E-state index < -0.39 is 5.95 Å². The van der Waals surface area contributed by atoms with Crippen LogP contribution in [0.2, 0.25) is 0 Å². The minimum absolute atomic E-state index is 0.447. The summed E-state index contributed by atoms with van der Waals surface area (Å²) in [5.41, 5.74) is 1.68. The summed E-state index contributed by atoms with van der Waals surface area (Å²) in [5, 5.41) is 7.74. The molecule has 0 saturated heterocycles. The molecule has 0 bridgehead atoms. The zero-order valence-corrected chi connectivity index (χ0v) is 7.90. The fourth-order valence-electron chi connectivity index (χ4n) is 1.14. The van der Waals surface area contributed by atoms with E-state index in [1.807, 2.05) is 13.8 Å². The van der Waals surface area contributed by atoms with E-state index in [2.05, 4.69) is 15.3 Å². The third kappa shape index (κ3) is 1.37. The van der Waals surface area contributed by atoms with Crippen LogP contribution < -0.4 is 0 Å². The summed E-state index contributed by atoms with van der Waals surface area (Å²) in [7, 11) is 0. The Bertz CT molecular complexity index is 464. The highest BCUT2D eigenvalue weighted by Gasteiger charge is 2.07. The smallest absolute Gasteiger partial charge is 0.200 e. The maximum Gasteiger partial charge on any atom is 0.214 e. The van der Waals surface area contributed by atoms with Crippen molar-refractivity contribution in [2.24, 2.45) is 0 Å². The minimum atomic E-state index is -0.518. The molecule has 0 aromatic carbocycles. The molecule has 0 aliphatic heterocycles. The van der Waals surface area contributed by atoms with Crippen molar-refractivity contribution in [3.8, 4) is 5.82 Å². The highest BCUT2D eigenvalue weighted by Crippen LogP contribution is 2.08. The standard InChI is InChI=1S/C9H9FN4/c1-6-7(2)14(13-12-6)9-5-3-4-8(10)11-9/h3-5H,1-2H3. The van der Waals surface area contributed by atoms with Gasteiger partial charge in [0.25, 0.3) is 0 Å². The topological polar surface area (TPSA) is 43.6 Å². The third-order valence-electron chi connectivity index (χ3n) is 2.04. The highest BCUT2D eigenvalue weighted by molar-refractivity contribution is 5.24. The summed E-state index contributed by atoms with van der Waals surface area (Å²) in [6, 6.07) is 4.57. The van der Waals surface area contributed by atoms with Crippen LogP contribution >= 0.6 is 0 Å². The second-order valence-corrected chi connectivity index (χ2v) is 2.99. The predicted molar refractivity (Wildman–Crippen MR) is 48.6 cm³/mol. The van der Waals surface area contributed by atoms with Gasteiger partial charge in [-0.1, -0.05) is 11.3 Å². The largest absolute Gasteiger partial charge is 0.214 e. The van der Waals surface area contributed by atoms with Gasteiger partial charge in [0.1, 0.15) is 0 Å². The molecular formula is C9H9FN4. The Morgan fingerprint density at radius 2 is 2.07 bits per heavy atom. The Hall–Kier alpha value is -1.78. The fourth-order valence-corrected chi connectivity index (χ4v) is 1.14. The number of hydrogen-bond acceptors (Lipinski definition) is 3. The molecule has 2 aromatic heterocycles. The molecule has 4 nitrogen and oxygen atoms in total. The maximum absolute atomic E-state index is 12.8. The molecule has 2 heterocycles. The second-order valence-electron chi connectivity index (χ2n) is 2.99. The van der Waals surface area contributed by atoms with Crippen molar-refractivity contribution in [1.29, 1.82) is 0 Å².